The van der Waals surface area contributed by atoms with Crippen LogP contribution in [-0.2, 0) is 14.3 Å². The summed E-state index contributed by atoms with van der Waals surface area (Å²) in [5, 5.41) is 3.13. The molecule has 4 aliphatic rings. The highest BCUT2D eigenvalue weighted by molar-refractivity contribution is 5.81. The summed E-state index contributed by atoms with van der Waals surface area (Å²) in [7, 11) is 0. The molecule has 1 saturated carbocycles. The summed E-state index contributed by atoms with van der Waals surface area (Å²) in [6, 6.07) is 0.793. The second-order valence-electron chi connectivity index (χ2n) is 7.83. The molecule has 0 radical (unpaired) electrons. The molecule has 5 heteroatoms. The number of likely N-dealkylation sites (tertiary alicyclic amines) is 1. The highest BCUT2D eigenvalue weighted by atomic mass is 16.5. The molecule has 0 aromatic heterocycles. The number of carbonyl (C=O) groups excluding carboxylic acids is 1. The molecule has 5 nitrogen and oxygen atoms in total. The maximum atomic E-state index is 12.4. The summed E-state index contributed by atoms with van der Waals surface area (Å²) in [5.41, 5.74) is 0. The van der Waals surface area contributed by atoms with Crippen LogP contribution in [0.1, 0.15) is 44.9 Å². The zero-order chi connectivity index (χ0) is 15.6. The van der Waals surface area contributed by atoms with Gasteiger partial charge in [-0.3, -0.25) is 9.69 Å². The number of nitrogens with zero attached hydrogens (tertiary/aromatic N) is 1. The van der Waals surface area contributed by atoms with E-state index in [1.54, 1.807) is 0 Å². The number of ether oxygens (including phenoxy) is 2. The summed E-state index contributed by atoms with van der Waals surface area (Å²) < 4.78 is 11.5. The first-order valence-electron chi connectivity index (χ1n) is 9.54. The number of piperidine rings is 1. The van der Waals surface area contributed by atoms with Gasteiger partial charge in [-0.1, -0.05) is 6.42 Å². The molecule has 3 heterocycles. The Bertz CT molecular complexity index is 420. The van der Waals surface area contributed by atoms with E-state index in [1.807, 2.05) is 0 Å². The van der Waals surface area contributed by atoms with Gasteiger partial charge in [-0.15, -0.1) is 0 Å². The van der Waals surface area contributed by atoms with Crippen LogP contribution in [0.5, 0.6) is 0 Å². The topological polar surface area (TPSA) is 50.8 Å². The zero-order valence-corrected chi connectivity index (χ0v) is 14.0. The first-order valence-corrected chi connectivity index (χ1v) is 9.54. The van der Waals surface area contributed by atoms with Crippen LogP contribution < -0.4 is 5.32 Å². The lowest BCUT2D eigenvalue weighted by atomic mass is 9.86. The van der Waals surface area contributed by atoms with Gasteiger partial charge in [0.05, 0.1) is 6.10 Å². The second-order valence-corrected chi connectivity index (χ2v) is 7.83. The van der Waals surface area contributed by atoms with Crippen LogP contribution in [-0.4, -0.2) is 61.9 Å². The molecule has 0 bridgehead atoms. The molecule has 23 heavy (non-hydrogen) atoms. The van der Waals surface area contributed by atoms with E-state index in [0.29, 0.717) is 11.8 Å². The molecule has 0 unspecified atom stereocenters. The van der Waals surface area contributed by atoms with Gasteiger partial charge < -0.3 is 14.8 Å². The molecule has 0 aromatic carbocycles. The highest BCUT2D eigenvalue weighted by Gasteiger charge is 2.43. The van der Waals surface area contributed by atoms with Gasteiger partial charge >= 0.3 is 0 Å². The molecule has 1 aliphatic carbocycles. The fourth-order valence-corrected chi connectivity index (χ4v) is 4.52. The van der Waals surface area contributed by atoms with E-state index in [9.17, 15) is 4.79 Å². The molecule has 0 aromatic rings. The molecule has 0 spiro atoms. The van der Waals surface area contributed by atoms with Crippen molar-refractivity contribution in [1.82, 2.24) is 10.2 Å². The number of nitrogens with one attached hydrogen (secondary N) is 1. The lowest BCUT2D eigenvalue weighted by molar-refractivity contribution is -0.133. The number of rotatable bonds is 4. The Morgan fingerprint density at radius 3 is 2.70 bits per heavy atom. The van der Waals surface area contributed by atoms with Gasteiger partial charge in [0.15, 0.2) is 0 Å². The molecule has 4 fully saturated rings. The molecule has 4 rings (SSSR count). The van der Waals surface area contributed by atoms with Crippen LogP contribution in [0.4, 0.5) is 0 Å². The molecular weight excluding hydrogens is 292 g/mol. The quantitative estimate of drug-likeness (QED) is 0.853. The Labute approximate surface area is 139 Å². The van der Waals surface area contributed by atoms with Crippen LogP contribution in [0.25, 0.3) is 0 Å². The van der Waals surface area contributed by atoms with Crippen LogP contribution in [0.15, 0.2) is 0 Å². The highest BCUT2D eigenvalue weighted by Crippen LogP contribution is 2.36. The lowest BCUT2D eigenvalue weighted by Crippen LogP contribution is -2.49. The SMILES string of the molecule is O=C(NCC1CCOCC1)[C@@H]1C[C@H]2CCN(C3CCC3)C[C@H]2O1. The van der Waals surface area contributed by atoms with Crippen molar-refractivity contribution in [1.29, 1.82) is 0 Å². The van der Waals surface area contributed by atoms with Crippen molar-refractivity contribution in [3.63, 3.8) is 0 Å². The van der Waals surface area contributed by atoms with Crippen LogP contribution in [0.3, 0.4) is 0 Å². The molecule has 3 atom stereocenters. The Balaban J connectivity index is 1.23. The third-order valence-corrected chi connectivity index (χ3v) is 6.37. The average molecular weight is 322 g/mol. The third-order valence-electron chi connectivity index (χ3n) is 6.37. The Hall–Kier alpha value is -0.650. The minimum Gasteiger partial charge on any atom is -0.381 e. The third kappa shape index (κ3) is 3.57. The number of amides is 1. The summed E-state index contributed by atoms with van der Waals surface area (Å²) in [6.07, 6.45) is 8.40. The van der Waals surface area contributed by atoms with E-state index in [0.717, 1.165) is 51.6 Å². The van der Waals surface area contributed by atoms with Gasteiger partial charge in [-0.2, -0.15) is 0 Å². The minimum atomic E-state index is -0.216. The van der Waals surface area contributed by atoms with Gasteiger partial charge in [0, 0.05) is 32.3 Å². The number of hydrogen-bond donors (Lipinski definition) is 1. The summed E-state index contributed by atoms with van der Waals surface area (Å²) in [6.45, 7) is 4.69. The summed E-state index contributed by atoms with van der Waals surface area (Å²) >= 11 is 0. The zero-order valence-electron chi connectivity index (χ0n) is 14.0. The average Bonchev–Trinajstić information content (AvgIpc) is 2.95. The maximum Gasteiger partial charge on any atom is 0.249 e. The van der Waals surface area contributed by atoms with Crippen LogP contribution >= 0.6 is 0 Å². The van der Waals surface area contributed by atoms with Crippen molar-refractivity contribution in [2.45, 2.75) is 63.2 Å². The second kappa shape index (κ2) is 7.08. The van der Waals surface area contributed by atoms with Gasteiger partial charge in [0.2, 0.25) is 5.91 Å². The molecule has 1 N–H and O–H groups in total. The van der Waals surface area contributed by atoms with Crippen molar-refractivity contribution in [2.24, 2.45) is 11.8 Å². The Kier molecular flexibility index (Phi) is 4.88. The normalized spacial score (nSPS) is 36.4. The van der Waals surface area contributed by atoms with Gasteiger partial charge in [0.1, 0.15) is 6.10 Å². The van der Waals surface area contributed by atoms with E-state index < -0.39 is 0 Å². The van der Waals surface area contributed by atoms with Crippen molar-refractivity contribution < 1.29 is 14.3 Å². The van der Waals surface area contributed by atoms with Crippen LogP contribution in [0.2, 0.25) is 0 Å². The smallest absolute Gasteiger partial charge is 0.249 e. The Morgan fingerprint density at radius 2 is 1.96 bits per heavy atom. The van der Waals surface area contributed by atoms with Gasteiger partial charge in [0.25, 0.3) is 0 Å². The van der Waals surface area contributed by atoms with Crippen molar-refractivity contribution in [3.05, 3.63) is 0 Å². The molecule has 3 aliphatic heterocycles. The first kappa shape index (κ1) is 15.9. The van der Waals surface area contributed by atoms with Crippen molar-refractivity contribution in [2.75, 3.05) is 32.8 Å². The number of hydrogen-bond acceptors (Lipinski definition) is 4. The first-order chi connectivity index (χ1) is 11.3. The minimum absolute atomic E-state index is 0.112. The van der Waals surface area contributed by atoms with Crippen molar-refractivity contribution in [3.8, 4) is 0 Å². The van der Waals surface area contributed by atoms with E-state index in [2.05, 4.69) is 10.2 Å². The van der Waals surface area contributed by atoms with E-state index >= 15 is 0 Å². The molecule has 3 saturated heterocycles. The fraction of sp³-hybridized carbons (Fsp3) is 0.944. The van der Waals surface area contributed by atoms with Gasteiger partial charge in [-0.25, -0.2) is 0 Å². The number of carbonyl (C=O) groups is 1. The summed E-state index contributed by atoms with van der Waals surface area (Å²) in [4.78, 5) is 15.0. The van der Waals surface area contributed by atoms with Gasteiger partial charge in [-0.05, 0) is 56.9 Å². The lowest BCUT2D eigenvalue weighted by Gasteiger charge is -2.43. The van der Waals surface area contributed by atoms with Crippen molar-refractivity contribution >= 4 is 5.91 Å². The van der Waals surface area contributed by atoms with E-state index in [1.165, 1.54) is 32.2 Å². The molecule has 130 valence electrons. The standard InChI is InChI=1S/C18H30N2O3/c21-18(19-11-13-5-8-22-9-6-13)16-10-14-4-7-20(12-17(14)23-16)15-2-1-3-15/h13-17H,1-12H2,(H,19,21)/t14-,16+,17-/m1/s1. The van der Waals surface area contributed by atoms with Crippen LogP contribution in [0, 0.1) is 11.8 Å². The molecular formula is C18H30N2O3. The Morgan fingerprint density at radius 1 is 1.13 bits per heavy atom. The maximum absolute atomic E-state index is 12.4. The predicted octanol–water partition coefficient (Wildman–Crippen LogP) is 1.56. The summed E-state index contributed by atoms with van der Waals surface area (Å²) in [5.74, 6) is 1.27. The molecule has 1 amide bonds. The largest absolute Gasteiger partial charge is 0.381 e. The predicted molar refractivity (Wildman–Crippen MR) is 87.1 cm³/mol. The fourth-order valence-electron chi connectivity index (χ4n) is 4.52. The monoisotopic (exact) mass is 322 g/mol. The van der Waals surface area contributed by atoms with E-state index in [-0.39, 0.29) is 18.1 Å². The number of fused-ring (bicyclic) bond motifs is 1. The van der Waals surface area contributed by atoms with E-state index in [4.69, 9.17) is 9.47 Å².